The molecular weight excluding hydrogens is 462 g/mol. The molecule has 0 bridgehead atoms. The van der Waals surface area contributed by atoms with Crippen molar-refractivity contribution >= 4 is 57.1 Å². The summed E-state index contributed by atoms with van der Waals surface area (Å²) in [4.78, 5) is 23.7. The van der Waals surface area contributed by atoms with Crippen molar-refractivity contribution < 1.29 is 14.3 Å². The summed E-state index contributed by atoms with van der Waals surface area (Å²) < 4.78 is 7.68. The van der Waals surface area contributed by atoms with Crippen molar-refractivity contribution in [3.63, 3.8) is 0 Å². The third-order valence-corrected chi connectivity index (χ3v) is 7.56. The molecule has 0 spiro atoms. The first-order valence-corrected chi connectivity index (χ1v) is 12.0. The van der Waals surface area contributed by atoms with Gasteiger partial charge in [-0.1, -0.05) is 11.6 Å². The smallest absolute Gasteiger partial charge is 0.251 e. The molecule has 1 fully saturated rings. The van der Waals surface area contributed by atoms with Crippen LogP contribution in [0.25, 0.3) is 22.0 Å². The lowest BCUT2D eigenvalue weighted by atomic mass is 10.1. The van der Waals surface area contributed by atoms with E-state index in [0.717, 1.165) is 39.4 Å². The zero-order chi connectivity index (χ0) is 23.1. The van der Waals surface area contributed by atoms with Gasteiger partial charge in [-0.05, 0) is 61.7 Å². The number of furan rings is 1. The lowest BCUT2D eigenvalue weighted by molar-refractivity contribution is -0.138. The van der Waals surface area contributed by atoms with Gasteiger partial charge in [0.25, 0.3) is 5.91 Å². The molecule has 1 aliphatic heterocycles. The minimum absolute atomic E-state index is 0.205. The van der Waals surface area contributed by atoms with Crippen LogP contribution >= 0.6 is 23.4 Å². The van der Waals surface area contributed by atoms with Gasteiger partial charge in [0, 0.05) is 36.1 Å². The van der Waals surface area contributed by atoms with E-state index >= 15 is 0 Å². The summed E-state index contributed by atoms with van der Waals surface area (Å²) in [6.45, 7) is 3.56. The molecule has 10 heteroatoms. The number of halogens is 1. The van der Waals surface area contributed by atoms with Gasteiger partial charge in [0.05, 0.1) is 16.8 Å². The van der Waals surface area contributed by atoms with E-state index in [-0.39, 0.29) is 5.91 Å². The standard InChI is InChI=1S/C23H24ClN5O3S/c1-13(30)22(31)28-7-3-14(12-28)4-8-29-17-2-6-26-21(25)20(17)27-23(29)33-19-11-18-15(5-9-32-18)10-16(19)24/h2,5-6,9-11,13-14,30H,3-4,7-8,12H2,1H3,(H2,25,26)/t13-,14?/m0/s1. The van der Waals surface area contributed by atoms with Crippen molar-refractivity contribution in [2.45, 2.75) is 42.5 Å². The molecular formula is C23H24ClN5O3S. The van der Waals surface area contributed by atoms with Gasteiger partial charge in [-0.15, -0.1) is 0 Å². The molecule has 172 valence electrons. The van der Waals surface area contributed by atoms with Crippen LogP contribution in [0.5, 0.6) is 0 Å². The van der Waals surface area contributed by atoms with Gasteiger partial charge in [-0.3, -0.25) is 4.79 Å². The van der Waals surface area contributed by atoms with Crippen molar-refractivity contribution in [1.82, 2.24) is 19.4 Å². The number of fused-ring (bicyclic) bond motifs is 2. The summed E-state index contributed by atoms with van der Waals surface area (Å²) in [5.74, 6) is 0.532. The summed E-state index contributed by atoms with van der Waals surface area (Å²) in [7, 11) is 0. The highest BCUT2D eigenvalue weighted by molar-refractivity contribution is 7.99. The zero-order valence-corrected chi connectivity index (χ0v) is 19.6. The normalized spacial score (nSPS) is 17.3. The molecule has 3 N–H and O–H groups in total. The molecule has 8 nitrogen and oxygen atoms in total. The van der Waals surface area contributed by atoms with Crippen molar-refractivity contribution in [2.24, 2.45) is 5.92 Å². The Morgan fingerprint density at radius 2 is 2.27 bits per heavy atom. The number of nitrogen functional groups attached to an aromatic ring is 1. The second-order valence-electron chi connectivity index (χ2n) is 8.36. The zero-order valence-electron chi connectivity index (χ0n) is 18.1. The Bertz CT molecular complexity index is 1330. The van der Waals surface area contributed by atoms with Gasteiger partial charge in [0.2, 0.25) is 0 Å². The third-order valence-electron chi connectivity index (χ3n) is 6.08. The number of aliphatic hydroxyl groups excluding tert-OH is 1. The van der Waals surface area contributed by atoms with E-state index in [9.17, 15) is 9.90 Å². The second kappa shape index (κ2) is 8.89. The number of benzene rings is 1. The highest BCUT2D eigenvalue weighted by atomic mass is 35.5. The quantitative estimate of drug-likeness (QED) is 0.421. The van der Waals surface area contributed by atoms with Crippen molar-refractivity contribution in [3.05, 3.63) is 41.7 Å². The number of aliphatic hydroxyl groups is 1. The molecule has 3 aromatic heterocycles. The minimum atomic E-state index is -0.962. The molecule has 4 heterocycles. The van der Waals surface area contributed by atoms with Gasteiger partial charge in [-0.2, -0.15) is 0 Å². The maximum atomic E-state index is 12.1. The fourth-order valence-electron chi connectivity index (χ4n) is 4.33. The molecule has 0 aliphatic carbocycles. The lowest BCUT2D eigenvalue weighted by Gasteiger charge is -2.18. The van der Waals surface area contributed by atoms with Crippen LogP contribution in [0, 0.1) is 5.92 Å². The number of aryl methyl sites for hydroxylation is 1. The van der Waals surface area contributed by atoms with Crippen LogP contribution in [0.3, 0.4) is 0 Å². The minimum Gasteiger partial charge on any atom is -0.464 e. The number of aromatic nitrogens is 3. The van der Waals surface area contributed by atoms with Crippen LogP contribution in [0.15, 0.2) is 51.2 Å². The summed E-state index contributed by atoms with van der Waals surface area (Å²) in [5, 5.41) is 11.9. The first-order valence-electron chi connectivity index (χ1n) is 10.8. The van der Waals surface area contributed by atoms with Gasteiger partial charge >= 0.3 is 0 Å². The molecule has 1 saturated heterocycles. The number of anilines is 1. The fraction of sp³-hybridized carbons (Fsp3) is 0.348. The van der Waals surface area contributed by atoms with Crippen LogP contribution in [0.2, 0.25) is 5.02 Å². The monoisotopic (exact) mass is 485 g/mol. The molecule has 5 rings (SSSR count). The van der Waals surface area contributed by atoms with Gasteiger partial charge in [0.1, 0.15) is 17.2 Å². The Kier molecular flexibility index (Phi) is 5.94. The molecule has 1 unspecified atom stereocenters. The number of likely N-dealkylation sites (tertiary alicyclic amines) is 1. The van der Waals surface area contributed by atoms with Crippen LogP contribution < -0.4 is 5.73 Å². The number of nitrogens with two attached hydrogens (primary N) is 1. The van der Waals surface area contributed by atoms with Crippen LogP contribution in [-0.2, 0) is 11.3 Å². The van der Waals surface area contributed by atoms with Gasteiger partial charge < -0.3 is 24.7 Å². The predicted molar refractivity (Wildman–Crippen MR) is 128 cm³/mol. The summed E-state index contributed by atoms with van der Waals surface area (Å²) in [6.07, 6.45) is 4.15. The van der Waals surface area contributed by atoms with E-state index in [1.54, 1.807) is 17.4 Å². The van der Waals surface area contributed by atoms with Gasteiger partial charge in [0.15, 0.2) is 11.0 Å². The number of pyridine rings is 1. The summed E-state index contributed by atoms with van der Waals surface area (Å²) in [5.41, 5.74) is 8.45. The highest BCUT2D eigenvalue weighted by Crippen LogP contribution is 2.38. The average molecular weight is 486 g/mol. The number of nitrogens with zero attached hydrogens (tertiary/aromatic N) is 4. The second-order valence-corrected chi connectivity index (χ2v) is 9.77. The number of carbonyl (C=O) groups excluding carboxylic acids is 1. The molecule has 4 aromatic rings. The van der Waals surface area contributed by atoms with E-state index in [1.165, 1.54) is 18.7 Å². The topological polar surface area (TPSA) is 110 Å². The van der Waals surface area contributed by atoms with Crippen molar-refractivity contribution in [1.29, 1.82) is 0 Å². The van der Waals surface area contributed by atoms with E-state index in [4.69, 9.17) is 26.7 Å². The van der Waals surface area contributed by atoms with E-state index in [1.807, 2.05) is 24.3 Å². The van der Waals surface area contributed by atoms with Crippen LogP contribution in [-0.4, -0.2) is 49.6 Å². The largest absolute Gasteiger partial charge is 0.464 e. The molecule has 0 saturated carbocycles. The fourth-order valence-corrected chi connectivity index (χ4v) is 5.57. The predicted octanol–water partition coefficient (Wildman–Crippen LogP) is 4.18. The number of imidazole rings is 1. The molecule has 0 radical (unpaired) electrons. The number of rotatable bonds is 6. The Morgan fingerprint density at radius 1 is 1.42 bits per heavy atom. The number of hydrogen-bond acceptors (Lipinski definition) is 7. The molecule has 33 heavy (non-hydrogen) atoms. The lowest BCUT2D eigenvalue weighted by Crippen LogP contribution is -2.36. The summed E-state index contributed by atoms with van der Waals surface area (Å²) in [6, 6.07) is 7.60. The Hall–Kier alpha value is -2.75. The Morgan fingerprint density at radius 3 is 3.09 bits per heavy atom. The van der Waals surface area contributed by atoms with Gasteiger partial charge in [-0.25, -0.2) is 9.97 Å². The molecule has 2 atom stereocenters. The third kappa shape index (κ3) is 4.28. The first kappa shape index (κ1) is 22.1. The van der Waals surface area contributed by atoms with Crippen molar-refractivity contribution in [3.8, 4) is 0 Å². The van der Waals surface area contributed by atoms with E-state index < -0.39 is 6.10 Å². The number of carbonyl (C=O) groups is 1. The SMILES string of the molecule is C[C@H](O)C(=O)N1CCC(CCn2c(Sc3cc4occc4cc3Cl)nc3c(N)nccc32)C1. The maximum absolute atomic E-state index is 12.1. The summed E-state index contributed by atoms with van der Waals surface area (Å²) >= 11 is 8.01. The Balaban J connectivity index is 1.42. The number of hydrogen-bond donors (Lipinski definition) is 2. The highest BCUT2D eigenvalue weighted by Gasteiger charge is 2.28. The average Bonchev–Trinajstić information content (AvgIpc) is 3.51. The molecule has 1 aliphatic rings. The Labute approximate surface area is 199 Å². The van der Waals surface area contributed by atoms with Crippen molar-refractivity contribution in [2.75, 3.05) is 18.8 Å². The van der Waals surface area contributed by atoms with E-state index in [2.05, 4.69) is 9.55 Å². The van der Waals surface area contributed by atoms with Crippen LogP contribution in [0.4, 0.5) is 5.82 Å². The van der Waals surface area contributed by atoms with E-state index in [0.29, 0.717) is 41.9 Å². The maximum Gasteiger partial charge on any atom is 0.251 e. The van der Waals surface area contributed by atoms with Crippen LogP contribution in [0.1, 0.15) is 19.8 Å². The molecule has 1 aromatic carbocycles. The first-order chi connectivity index (χ1) is 15.9. The molecule has 1 amide bonds. The number of amides is 1.